The molecule has 0 amide bonds. The molecule has 2 nitrogen and oxygen atoms in total. The number of halogens is 1. The monoisotopic (exact) mass is 303 g/mol. The van der Waals surface area contributed by atoms with Gasteiger partial charge >= 0.3 is 0 Å². The molecule has 2 aromatic rings. The van der Waals surface area contributed by atoms with Crippen LogP contribution in [0.3, 0.4) is 0 Å². The van der Waals surface area contributed by atoms with Gasteiger partial charge in [0.15, 0.2) is 0 Å². The van der Waals surface area contributed by atoms with Crippen molar-refractivity contribution in [3.05, 3.63) is 65.2 Å². The quantitative estimate of drug-likeness (QED) is 0.722. The molecule has 1 atom stereocenters. The van der Waals surface area contributed by atoms with Crippen LogP contribution in [0.2, 0.25) is 5.02 Å². The van der Waals surface area contributed by atoms with Gasteiger partial charge in [0.05, 0.1) is 6.61 Å². The number of rotatable bonds is 8. The third-order valence-corrected chi connectivity index (χ3v) is 3.84. The molecule has 0 fully saturated rings. The van der Waals surface area contributed by atoms with Gasteiger partial charge in [0.25, 0.3) is 0 Å². The largest absolute Gasteiger partial charge is 0.494 e. The SMILES string of the molecule is NCC(CCCCOc1ccc(Cl)cc1)c1ccccc1. The molecule has 0 aliphatic heterocycles. The van der Waals surface area contributed by atoms with E-state index in [0.29, 0.717) is 12.5 Å². The number of nitrogens with two attached hydrogens (primary N) is 1. The van der Waals surface area contributed by atoms with Gasteiger partial charge in [0.1, 0.15) is 5.75 Å². The maximum Gasteiger partial charge on any atom is 0.119 e. The van der Waals surface area contributed by atoms with Crippen molar-refractivity contribution in [1.82, 2.24) is 0 Å². The fourth-order valence-electron chi connectivity index (χ4n) is 2.36. The number of unbranched alkanes of at least 4 members (excludes halogenated alkanes) is 1. The first kappa shape index (κ1) is 15.9. The molecular weight excluding hydrogens is 282 g/mol. The van der Waals surface area contributed by atoms with E-state index in [9.17, 15) is 0 Å². The molecule has 0 bridgehead atoms. The second-order valence-electron chi connectivity index (χ2n) is 5.14. The molecule has 0 saturated carbocycles. The Hall–Kier alpha value is -1.51. The van der Waals surface area contributed by atoms with Crippen LogP contribution in [0.5, 0.6) is 5.75 Å². The molecule has 112 valence electrons. The molecule has 2 N–H and O–H groups in total. The highest BCUT2D eigenvalue weighted by molar-refractivity contribution is 6.30. The van der Waals surface area contributed by atoms with Crippen LogP contribution in [0.25, 0.3) is 0 Å². The highest BCUT2D eigenvalue weighted by atomic mass is 35.5. The molecule has 1 unspecified atom stereocenters. The van der Waals surface area contributed by atoms with Crippen molar-refractivity contribution in [2.45, 2.75) is 25.2 Å². The molecule has 0 heterocycles. The van der Waals surface area contributed by atoms with E-state index in [4.69, 9.17) is 22.1 Å². The van der Waals surface area contributed by atoms with Crippen LogP contribution in [0.4, 0.5) is 0 Å². The summed E-state index contributed by atoms with van der Waals surface area (Å²) in [4.78, 5) is 0. The summed E-state index contributed by atoms with van der Waals surface area (Å²) < 4.78 is 5.69. The van der Waals surface area contributed by atoms with Crippen LogP contribution in [-0.2, 0) is 0 Å². The Labute approximate surface area is 131 Å². The zero-order valence-corrected chi connectivity index (χ0v) is 12.9. The second kappa shape index (κ2) is 8.71. The van der Waals surface area contributed by atoms with Crippen LogP contribution >= 0.6 is 11.6 Å². The van der Waals surface area contributed by atoms with Crippen molar-refractivity contribution in [3.8, 4) is 5.75 Å². The molecule has 21 heavy (non-hydrogen) atoms. The van der Waals surface area contributed by atoms with Crippen molar-refractivity contribution >= 4 is 11.6 Å². The molecule has 0 radical (unpaired) electrons. The molecule has 0 aliphatic carbocycles. The van der Waals surface area contributed by atoms with E-state index in [1.165, 1.54) is 5.56 Å². The summed E-state index contributed by atoms with van der Waals surface area (Å²) in [7, 11) is 0. The Morgan fingerprint density at radius 2 is 1.67 bits per heavy atom. The van der Waals surface area contributed by atoms with Crippen LogP contribution in [0.1, 0.15) is 30.7 Å². The number of hydrogen-bond donors (Lipinski definition) is 1. The van der Waals surface area contributed by atoms with Crippen molar-refractivity contribution in [2.75, 3.05) is 13.2 Å². The van der Waals surface area contributed by atoms with Crippen molar-refractivity contribution in [1.29, 1.82) is 0 Å². The summed E-state index contributed by atoms with van der Waals surface area (Å²) in [6.45, 7) is 1.43. The number of benzene rings is 2. The first-order valence-corrected chi connectivity index (χ1v) is 7.81. The van der Waals surface area contributed by atoms with Gasteiger partial charge in [-0.1, -0.05) is 41.9 Å². The lowest BCUT2D eigenvalue weighted by molar-refractivity contribution is 0.303. The summed E-state index contributed by atoms with van der Waals surface area (Å²) in [5, 5.41) is 0.732. The maximum atomic E-state index is 5.88. The first-order chi connectivity index (χ1) is 10.3. The van der Waals surface area contributed by atoms with Gasteiger partial charge in [-0.25, -0.2) is 0 Å². The van der Waals surface area contributed by atoms with Crippen LogP contribution in [0, 0.1) is 0 Å². The lowest BCUT2D eigenvalue weighted by Crippen LogP contribution is -2.12. The molecule has 2 aromatic carbocycles. The summed E-state index contributed by atoms with van der Waals surface area (Å²) in [5.41, 5.74) is 7.21. The summed E-state index contributed by atoms with van der Waals surface area (Å²) in [6.07, 6.45) is 3.25. The van der Waals surface area contributed by atoms with Crippen LogP contribution in [0.15, 0.2) is 54.6 Å². The average Bonchev–Trinajstić information content (AvgIpc) is 2.53. The van der Waals surface area contributed by atoms with Gasteiger partial charge in [-0.05, 0) is 61.6 Å². The molecule has 0 aliphatic rings. The lowest BCUT2D eigenvalue weighted by atomic mass is 9.94. The van der Waals surface area contributed by atoms with E-state index < -0.39 is 0 Å². The zero-order chi connectivity index (χ0) is 14.9. The minimum absolute atomic E-state index is 0.446. The molecule has 0 saturated heterocycles. The highest BCUT2D eigenvalue weighted by Crippen LogP contribution is 2.21. The molecule has 0 spiro atoms. The Morgan fingerprint density at radius 1 is 0.952 bits per heavy atom. The third kappa shape index (κ3) is 5.41. The van der Waals surface area contributed by atoms with Gasteiger partial charge in [-0.2, -0.15) is 0 Å². The van der Waals surface area contributed by atoms with Gasteiger partial charge in [0, 0.05) is 5.02 Å². The normalized spacial score (nSPS) is 12.1. The van der Waals surface area contributed by atoms with Crippen molar-refractivity contribution < 1.29 is 4.74 Å². The summed E-state index contributed by atoms with van der Waals surface area (Å²) in [5.74, 6) is 1.32. The Bertz CT molecular complexity index is 513. The smallest absolute Gasteiger partial charge is 0.119 e. The minimum atomic E-state index is 0.446. The van der Waals surface area contributed by atoms with Crippen molar-refractivity contribution in [3.63, 3.8) is 0 Å². The van der Waals surface area contributed by atoms with Gasteiger partial charge in [-0.3, -0.25) is 0 Å². The van der Waals surface area contributed by atoms with Gasteiger partial charge in [-0.15, -0.1) is 0 Å². The second-order valence-corrected chi connectivity index (χ2v) is 5.58. The zero-order valence-electron chi connectivity index (χ0n) is 12.2. The van der Waals surface area contributed by atoms with E-state index in [-0.39, 0.29) is 0 Å². The predicted octanol–water partition coefficient (Wildman–Crippen LogP) is 4.63. The predicted molar refractivity (Wildman–Crippen MR) is 89.0 cm³/mol. The molecule has 3 heteroatoms. The van der Waals surface area contributed by atoms with Crippen LogP contribution in [-0.4, -0.2) is 13.2 Å². The fraction of sp³-hybridized carbons (Fsp3) is 0.333. The Balaban J connectivity index is 1.68. The highest BCUT2D eigenvalue weighted by Gasteiger charge is 2.08. The summed E-state index contributed by atoms with van der Waals surface area (Å²) >= 11 is 5.84. The number of ether oxygens (including phenoxy) is 1. The lowest BCUT2D eigenvalue weighted by Gasteiger charge is -2.15. The van der Waals surface area contributed by atoms with E-state index >= 15 is 0 Å². The third-order valence-electron chi connectivity index (χ3n) is 3.58. The first-order valence-electron chi connectivity index (χ1n) is 7.43. The topological polar surface area (TPSA) is 35.2 Å². The van der Waals surface area contributed by atoms with Gasteiger partial charge < -0.3 is 10.5 Å². The molecule has 2 rings (SSSR count). The maximum absolute atomic E-state index is 5.88. The summed E-state index contributed by atoms with van der Waals surface area (Å²) in [6, 6.07) is 18.0. The Morgan fingerprint density at radius 3 is 2.33 bits per heavy atom. The average molecular weight is 304 g/mol. The molecule has 0 aromatic heterocycles. The Kier molecular flexibility index (Phi) is 6.58. The van der Waals surface area contributed by atoms with E-state index in [1.807, 2.05) is 30.3 Å². The number of hydrogen-bond acceptors (Lipinski definition) is 2. The van der Waals surface area contributed by atoms with Crippen LogP contribution < -0.4 is 10.5 Å². The fourth-order valence-corrected chi connectivity index (χ4v) is 2.49. The standard InChI is InChI=1S/C18H22ClNO/c19-17-9-11-18(12-10-17)21-13-5-4-8-16(14-20)15-6-2-1-3-7-15/h1-3,6-7,9-12,16H,4-5,8,13-14,20H2. The van der Waals surface area contributed by atoms with E-state index in [1.54, 1.807) is 0 Å². The van der Waals surface area contributed by atoms with Crippen molar-refractivity contribution in [2.24, 2.45) is 5.73 Å². The van der Waals surface area contributed by atoms with Gasteiger partial charge in [0.2, 0.25) is 0 Å². The van der Waals surface area contributed by atoms with E-state index in [2.05, 4.69) is 24.3 Å². The molecular formula is C18H22ClNO. The minimum Gasteiger partial charge on any atom is -0.494 e. The van der Waals surface area contributed by atoms with E-state index in [0.717, 1.165) is 36.6 Å².